The third kappa shape index (κ3) is 3.30. The lowest BCUT2D eigenvalue weighted by atomic mass is 10.0. The highest BCUT2D eigenvalue weighted by Crippen LogP contribution is 2.35. The Morgan fingerprint density at radius 1 is 1.12 bits per heavy atom. The number of aromatic nitrogens is 2. The smallest absolute Gasteiger partial charge is 0.259 e. The van der Waals surface area contributed by atoms with Gasteiger partial charge in [0, 0.05) is 40.1 Å². The molecular formula is C18H15Cl2N3O. The lowest BCUT2D eigenvalue weighted by Crippen LogP contribution is -2.13. The Labute approximate surface area is 150 Å². The molecule has 3 aromatic rings. The van der Waals surface area contributed by atoms with E-state index in [1.807, 2.05) is 30.3 Å². The van der Waals surface area contributed by atoms with Crippen molar-refractivity contribution in [2.24, 2.45) is 7.05 Å². The van der Waals surface area contributed by atoms with E-state index in [0.29, 0.717) is 27.0 Å². The number of amides is 1. The van der Waals surface area contributed by atoms with E-state index in [1.165, 1.54) is 0 Å². The Morgan fingerprint density at radius 3 is 2.54 bits per heavy atom. The Morgan fingerprint density at radius 2 is 1.88 bits per heavy atom. The second kappa shape index (κ2) is 6.67. The first-order valence-electron chi connectivity index (χ1n) is 7.32. The maximum absolute atomic E-state index is 12.6. The van der Waals surface area contributed by atoms with Crippen molar-refractivity contribution in [2.45, 2.75) is 6.92 Å². The Balaban J connectivity index is 1.98. The molecule has 24 heavy (non-hydrogen) atoms. The Bertz CT molecular complexity index is 918. The van der Waals surface area contributed by atoms with Crippen LogP contribution in [0.2, 0.25) is 10.0 Å². The van der Waals surface area contributed by atoms with E-state index in [0.717, 1.165) is 11.1 Å². The zero-order valence-electron chi connectivity index (χ0n) is 13.2. The molecule has 4 nitrogen and oxygen atoms in total. The minimum Gasteiger partial charge on any atom is -0.321 e. The molecule has 1 aromatic heterocycles. The van der Waals surface area contributed by atoms with Crippen LogP contribution in [0.4, 0.5) is 5.69 Å². The van der Waals surface area contributed by atoms with Crippen LogP contribution in [-0.4, -0.2) is 15.7 Å². The highest BCUT2D eigenvalue weighted by molar-refractivity contribution is 6.36. The quantitative estimate of drug-likeness (QED) is 0.718. The first kappa shape index (κ1) is 16.6. The summed E-state index contributed by atoms with van der Waals surface area (Å²) in [7, 11) is 1.78. The van der Waals surface area contributed by atoms with Crippen molar-refractivity contribution in [3.8, 4) is 11.1 Å². The lowest BCUT2D eigenvalue weighted by Gasteiger charge is -2.12. The molecule has 0 aliphatic heterocycles. The molecule has 0 unspecified atom stereocenters. The van der Waals surface area contributed by atoms with Gasteiger partial charge in [-0.15, -0.1) is 0 Å². The molecule has 0 saturated heterocycles. The molecule has 0 fully saturated rings. The van der Waals surface area contributed by atoms with Gasteiger partial charge in [-0.2, -0.15) is 5.10 Å². The van der Waals surface area contributed by atoms with Crippen LogP contribution < -0.4 is 5.32 Å². The number of nitrogens with one attached hydrogen (secondary N) is 1. The molecule has 1 amide bonds. The number of benzene rings is 2. The highest BCUT2D eigenvalue weighted by Gasteiger charge is 2.15. The summed E-state index contributed by atoms with van der Waals surface area (Å²) >= 11 is 12.3. The fourth-order valence-electron chi connectivity index (χ4n) is 2.55. The van der Waals surface area contributed by atoms with E-state index in [2.05, 4.69) is 10.4 Å². The predicted octanol–water partition coefficient (Wildman–Crippen LogP) is 4.95. The molecule has 3 rings (SSSR count). The number of para-hydroxylation sites is 1. The summed E-state index contributed by atoms with van der Waals surface area (Å²) < 4.78 is 1.62. The second-order valence-corrected chi connectivity index (χ2v) is 6.27. The number of anilines is 1. The van der Waals surface area contributed by atoms with E-state index < -0.39 is 0 Å². The first-order chi connectivity index (χ1) is 11.5. The van der Waals surface area contributed by atoms with Gasteiger partial charge in [0.25, 0.3) is 5.91 Å². The van der Waals surface area contributed by atoms with Crippen molar-refractivity contribution in [2.75, 3.05) is 5.32 Å². The van der Waals surface area contributed by atoms with Crippen LogP contribution in [0.15, 0.2) is 48.7 Å². The van der Waals surface area contributed by atoms with Crippen molar-refractivity contribution in [1.82, 2.24) is 9.78 Å². The molecule has 6 heteroatoms. The van der Waals surface area contributed by atoms with E-state index in [4.69, 9.17) is 23.2 Å². The highest BCUT2D eigenvalue weighted by atomic mass is 35.5. The van der Waals surface area contributed by atoms with Crippen LogP contribution in [0.25, 0.3) is 11.1 Å². The molecule has 0 aliphatic carbocycles. The summed E-state index contributed by atoms with van der Waals surface area (Å²) in [5.74, 6) is -0.210. The number of carbonyl (C=O) groups is 1. The van der Waals surface area contributed by atoms with Gasteiger partial charge in [0.1, 0.15) is 0 Å². The van der Waals surface area contributed by atoms with Gasteiger partial charge < -0.3 is 5.32 Å². The summed E-state index contributed by atoms with van der Waals surface area (Å²) in [6.07, 6.45) is 1.70. The average Bonchev–Trinajstić information content (AvgIpc) is 2.87. The number of rotatable bonds is 3. The van der Waals surface area contributed by atoms with Crippen LogP contribution in [0.1, 0.15) is 16.1 Å². The maximum Gasteiger partial charge on any atom is 0.259 e. The maximum atomic E-state index is 12.6. The third-order valence-corrected chi connectivity index (χ3v) is 4.20. The Kier molecular flexibility index (Phi) is 4.60. The van der Waals surface area contributed by atoms with Gasteiger partial charge in [0.15, 0.2) is 0 Å². The number of hydrogen-bond donors (Lipinski definition) is 1. The minimum atomic E-state index is -0.210. The van der Waals surface area contributed by atoms with Crippen molar-refractivity contribution >= 4 is 34.8 Å². The zero-order valence-corrected chi connectivity index (χ0v) is 14.7. The fraction of sp³-hybridized carbons (Fsp3) is 0.111. The van der Waals surface area contributed by atoms with Crippen LogP contribution in [0, 0.1) is 6.92 Å². The Hall–Kier alpha value is -2.30. The molecule has 0 spiro atoms. The van der Waals surface area contributed by atoms with Crippen molar-refractivity contribution < 1.29 is 4.79 Å². The van der Waals surface area contributed by atoms with Gasteiger partial charge in [-0.05, 0) is 25.1 Å². The number of nitrogens with zero attached hydrogens (tertiary/aromatic N) is 2. The fourth-order valence-corrected chi connectivity index (χ4v) is 3.06. The van der Waals surface area contributed by atoms with Crippen LogP contribution in [-0.2, 0) is 7.05 Å². The van der Waals surface area contributed by atoms with Crippen LogP contribution in [0.3, 0.4) is 0 Å². The van der Waals surface area contributed by atoms with Gasteiger partial charge in [-0.3, -0.25) is 9.48 Å². The molecule has 1 heterocycles. The van der Waals surface area contributed by atoms with E-state index in [9.17, 15) is 4.79 Å². The summed E-state index contributed by atoms with van der Waals surface area (Å²) in [6, 6.07) is 12.8. The average molecular weight is 360 g/mol. The topological polar surface area (TPSA) is 46.9 Å². The molecule has 0 radical (unpaired) electrons. The first-order valence-corrected chi connectivity index (χ1v) is 8.07. The zero-order chi connectivity index (χ0) is 17.3. The monoisotopic (exact) mass is 359 g/mol. The summed E-state index contributed by atoms with van der Waals surface area (Å²) in [6.45, 7) is 1.80. The normalized spacial score (nSPS) is 10.7. The van der Waals surface area contributed by atoms with E-state index in [-0.39, 0.29) is 5.91 Å². The summed E-state index contributed by atoms with van der Waals surface area (Å²) in [5, 5.41) is 8.23. The minimum absolute atomic E-state index is 0.210. The summed E-state index contributed by atoms with van der Waals surface area (Å²) in [5.41, 5.74) is 3.52. The molecule has 1 N–H and O–H groups in total. The molecule has 122 valence electrons. The molecule has 0 bridgehead atoms. The lowest BCUT2D eigenvalue weighted by molar-refractivity contribution is 0.102. The number of aryl methyl sites for hydroxylation is 2. The number of halogens is 2. The van der Waals surface area contributed by atoms with Crippen molar-refractivity contribution in [1.29, 1.82) is 0 Å². The summed E-state index contributed by atoms with van der Waals surface area (Å²) in [4.78, 5) is 12.6. The number of carbonyl (C=O) groups excluding carboxylic acids is 1. The SMILES string of the molecule is Cc1nn(C)cc1C(=O)Nc1ccccc1-c1ccc(Cl)cc1Cl. The third-order valence-electron chi connectivity index (χ3n) is 3.65. The molecule has 2 aromatic carbocycles. The van der Waals surface area contributed by atoms with Gasteiger partial charge in [0.05, 0.1) is 11.3 Å². The van der Waals surface area contributed by atoms with Gasteiger partial charge in [0.2, 0.25) is 0 Å². The molecule has 0 aliphatic rings. The largest absolute Gasteiger partial charge is 0.321 e. The van der Waals surface area contributed by atoms with Crippen molar-refractivity contribution in [3.63, 3.8) is 0 Å². The van der Waals surface area contributed by atoms with Crippen LogP contribution in [0.5, 0.6) is 0 Å². The molecular weight excluding hydrogens is 345 g/mol. The van der Waals surface area contributed by atoms with E-state index in [1.54, 1.807) is 37.0 Å². The number of hydrogen-bond acceptors (Lipinski definition) is 2. The van der Waals surface area contributed by atoms with Gasteiger partial charge in [-0.1, -0.05) is 47.5 Å². The molecule has 0 saturated carbocycles. The predicted molar refractivity (Wildman–Crippen MR) is 97.8 cm³/mol. The standard InChI is InChI=1S/C18H15Cl2N3O/c1-11-15(10-23(2)22-11)18(24)21-17-6-4-3-5-14(17)13-8-7-12(19)9-16(13)20/h3-10H,1-2H3,(H,21,24). The van der Waals surface area contributed by atoms with E-state index >= 15 is 0 Å². The van der Waals surface area contributed by atoms with Gasteiger partial charge in [-0.25, -0.2) is 0 Å². The van der Waals surface area contributed by atoms with Crippen molar-refractivity contribution in [3.05, 3.63) is 70.0 Å². The molecule has 0 atom stereocenters. The second-order valence-electron chi connectivity index (χ2n) is 5.43. The van der Waals surface area contributed by atoms with Gasteiger partial charge >= 0.3 is 0 Å². The van der Waals surface area contributed by atoms with Crippen LogP contribution >= 0.6 is 23.2 Å².